The maximum Gasteiger partial charge on any atom is 0.263 e. The minimum atomic E-state index is -0.756. The number of nitrogens with one attached hydrogen (secondary N) is 1. The summed E-state index contributed by atoms with van der Waals surface area (Å²) in [4.78, 5) is 41.3. The second-order valence-electron chi connectivity index (χ2n) is 7.93. The lowest BCUT2D eigenvalue weighted by atomic mass is 10.1. The molecule has 1 aliphatic rings. The molecule has 1 N–H and O–H groups in total. The van der Waals surface area contributed by atoms with Crippen LogP contribution in [0.3, 0.4) is 0 Å². The Morgan fingerprint density at radius 2 is 1.79 bits per heavy atom. The summed E-state index contributed by atoms with van der Waals surface area (Å²) in [7, 11) is 1.56. The van der Waals surface area contributed by atoms with Crippen molar-refractivity contribution in [1.82, 2.24) is 15.1 Å². The Balaban J connectivity index is 1.66. The van der Waals surface area contributed by atoms with Gasteiger partial charge >= 0.3 is 0 Å². The summed E-state index contributed by atoms with van der Waals surface area (Å²) in [6, 6.07) is 13.9. The van der Waals surface area contributed by atoms with E-state index < -0.39 is 6.10 Å². The van der Waals surface area contributed by atoms with E-state index in [4.69, 9.17) is 9.47 Å². The van der Waals surface area contributed by atoms with Crippen LogP contribution >= 0.6 is 0 Å². The number of rotatable bonds is 7. The largest absolute Gasteiger partial charge is 0.490 e. The Bertz CT molecular complexity index is 995. The van der Waals surface area contributed by atoms with Crippen molar-refractivity contribution in [3.05, 3.63) is 59.7 Å². The highest BCUT2D eigenvalue weighted by molar-refractivity contribution is 5.95. The maximum atomic E-state index is 13.1. The van der Waals surface area contributed by atoms with Gasteiger partial charge in [0, 0.05) is 43.9 Å². The van der Waals surface area contributed by atoms with Crippen molar-refractivity contribution in [2.75, 3.05) is 33.3 Å². The Hall–Kier alpha value is -3.55. The van der Waals surface area contributed by atoms with E-state index >= 15 is 0 Å². The molecule has 8 heteroatoms. The van der Waals surface area contributed by atoms with Gasteiger partial charge in [-0.1, -0.05) is 18.2 Å². The average Bonchev–Trinajstić information content (AvgIpc) is 2.84. The minimum Gasteiger partial charge on any atom is -0.490 e. The molecule has 8 nitrogen and oxygen atoms in total. The molecular formula is C25H31N3O5. The normalized spacial score (nSPS) is 16.7. The first-order valence-corrected chi connectivity index (χ1v) is 11.2. The van der Waals surface area contributed by atoms with Gasteiger partial charge in [-0.3, -0.25) is 14.4 Å². The molecule has 176 valence electrons. The van der Waals surface area contributed by atoms with Gasteiger partial charge in [-0.2, -0.15) is 0 Å². The molecule has 0 aliphatic carbocycles. The van der Waals surface area contributed by atoms with Crippen LogP contribution in [0.5, 0.6) is 11.5 Å². The van der Waals surface area contributed by atoms with Crippen LogP contribution < -0.4 is 14.8 Å². The number of carbonyl (C=O) groups excluding carboxylic acids is 3. The Morgan fingerprint density at radius 3 is 2.42 bits per heavy atom. The topological polar surface area (TPSA) is 88.2 Å². The first-order chi connectivity index (χ1) is 15.8. The molecule has 0 aromatic heterocycles. The molecule has 1 heterocycles. The van der Waals surface area contributed by atoms with E-state index in [0.717, 1.165) is 0 Å². The van der Waals surface area contributed by atoms with Crippen LogP contribution in [-0.2, 0) is 4.79 Å². The number of hydrogen-bond donors (Lipinski definition) is 1. The molecule has 3 rings (SSSR count). The molecule has 0 radical (unpaired) electrons. The third-order valence-electron chi connectivity index (χ3n) is 5.60. The average molecular weight is 454 g/mol. The predicted molar refractivity (Wildman–Crippen MR) is 125 cm³/mol. The van der Waals surface area contributed by atoms with Gasteiger partial charge in [0.2, 0.25) is 0 Å². The number of carbonyl (C=O) groups is 3. The monoisotopic (exact) mass is 453 g/mol. The SMILES string of the molecule is CCOc1cc(C(=O)NC)ccc1OC(C)C(=O)N1CCN(C(=O)c2ccccc2)C[C@H]1C. The van der Waals surface area contributed by atoms with Crippen LogP contribution in [-0.4, -0.2) is 73.0 Å². The molecule has 0 spiro atoms. The summed E-state index contributed by atoms with van der Waals surface area (Å²) in [6.45, 7) is 7.20. The van der Waals surface area contributed by atoms with Gasteiger partial charge in [0.05, 0.1) is 6.61 Å². The van der Waals surface area contributed by atoms with E-state index in [0.29, 0.717) is 48.9 Å². The number of amides is 3. The minimum absolute atomic E-state index is 0.0311. The Labute approximate surface area is 194 Å². The van der Waals surface area contributed by atoms with Gasteiger partial charge in [-0.15, -0.1) is 0 Å². The van der Waals surface area contributed by atoms with Crippen LogP contribution in [0.2, 0.25) is 0 Å². The van der Waals surface area contributed by atoms with Crippen LogP contribution in [0.15, 0.2) is 48.5 Å². The summed E-state index contributed by atoms with van der Waals surface area (Å²) in [5, 5.41) is 2.57. The van der Waals surface area contributed by atoms with Crippen molar-refractivity contribution in [2.45, 2.75) is 32.9 Å². The first-order valence-electron chi connectivity index (χ1n) is 11.2. The molecular weight excluding hydrogens is 422 g/mol. The zero-order valence-electron chi connectivity index (χ0n) is 19.5. The predicted octanol–water partition coefficient (Wildman–Crippen LogP) is 2.59. The molecule has 0 bridgehead atoms. The number of benzene rings is 2. The summed E-state index contributed by atoms with van der Waals surface area (Å²) in [5.41, 5.74) is 1.09. The zero-order chi connectivity index (χ0) is 24.0. The van der Waals surface area contributed by atoms with Crippen LogP contribution in [0, 0.1) is 0 Å². The van der Waals surface area contributed by atoms with Gasteiger partial charge < -0.3 is 24.6 Å². The Kier molecular flexibility index (Phi) is 7.92. The van der Waals surface area contributed by atoms with E-state index in [1.807, 2.05) is 32.0 Å². The molecule has 2 aromatic carbocycles. The van der Waals surface area contributed by atoms with Crippen LogP contribution in [0.4, 0.5) is 0 Å². The lowest BCUT2D eigenvalue weighted by Crippen LogP contribution is -2.57. The molecule has 1 saturated heterocycles. The van der Waals surface area contributed by atoms with Gasteiger partial charge in [-0.05, 0) is 51.1 Å². The van der Waals surface area contributed by atoms with Crippen LogP contribution in [0.25, 0.3) is 0 Å². The fraction of sp³-hybridized carbons (Fsp3) is 0.400. The van der Waals surface area contributed by atoms with Crippen molar-refractivity contribution in [3.63, 3.8) is 0 Å². The van der Waals surface area contributed by atoms with Crippen molar-refractivity contribution in [1.29, 1.82) is 0 Å². The maximum absolute atomic E-state index is 13.1. The van der Waals surface area contributed by atoms with Gasteiger partial charge in [0.1, 0.15) is 0 Å². The van der Waals surface area contributed by atoms with E-state index in [-0.39, 0.29) is 23.8 Å². The van der Waals surface area contributed by atoms with E-state index in [1.54, 1.807) is 54.1 Å². The fourth-order valence-electron chi connectivity index (χ4n) is 3.87. The summed E-state index contributed by atoms with van der Waals surface area (Å²) < 4.78 is 11.6. The zero-order valence-corrected chi connectivity index (χ0v) is 19.5. The van der Waals surface area contributed by atoms with E-state index in [9.17, 15) is 14.4 Å². The highest BCUT2D eigenvalue weighted by Gasteiger charge is 2.33. The van der Waals surface area contributed by atoms with Crippen molar-refractivity contribution >= 4 is 17.7 Å². The van der Waals surface area contributed by atoms with Crippen molar-refractivity contribution < 1.29 is 23.9 Å². The fourth-order valence-corrected chi connectivity index (χ4v) is 3.87. The number of piperazine rings is 1. The number of hydrogen-bond acceptors (Lipinski definition) is 5. The molecule has 1 fully saturated rings. The highest BCUT2D eigenvalue weighted by Crippen LogP contribution is 2.30. The molecule has 1 aliphatic heterocycles. The van der Waals surface area contributed by atoms with Crippen molar-refractivity contribution in [2.24, 2.45) is 0 Å². The van der Waals surface area contributed by atoms with Gasteiger partial charge in [0.15, 0.2) is 17.6 Å². The second kappa shape index (κ2) is 10.8. The third kappa shape index (κ3) is 5.63. The molecule has 1 unspecified atom stereocenters. The van der Waals surface area contributed by atoms with Gasteiger partial charge in [0.25, 0.3) is 17.7 Å². The molecule has 33 heavy (non-hydrogen) atoms. The summed E-state index contributed by atoms with van der Waals surface area (Å²) in [6.07, 6.45) is -0.756. The quantitative estimate of drug-likeness (QED) is 0.696. The number of ether oxygens (including phenoxy) is 2. The molecule has 0 saturated carbocycles. The molecule has 3 amide bonds. The van der Waals surface area contributed by atoms with Gasteiger partial charge in [-0.25, -0.2) is 0 Å². The standard InChI is InChI=1S/C25H31N3O5/c1-5-32-22-15-20(23(29)26-4)11-12-21(22)33-18(3)24(30)28-14-13-27(16-17(28)2)25(31)19-9-7-6-8-10-19/h6-12,15,17-18H,5,13-14,16H2,1-4H3,(H,26,29)/t17-,18?/m1/s1. The summed E-state index contributed by atoms with van der Waals surface area (Å²) in [5.74, 6) is 0.382. The van der Waals surface area contributed by atoms with Crippen LogP contribution in [0.1, 0.15) is 41.5 Å². The number of nitrogens with zero attached hydrogens (tertiary/aromatic N) is 2. The first kappa shape index (κ1) is 24.1. The second-order valence-corrected chi connectivity index (χ2v) is 7.93. The lowest BCUT2D eigenvalue weighted by molar-refractivity contribution is -0.142. The van der Waals surface area contributed by atoms with E-state index in [2.05, 4.69) is 5.32 Å². The molecule has 2 atom stereocenters. The Morgan fingerprint density at radius 1 is 1.06 bits per heavy atom. The van der Waals surface area contributed by atoms with Crippen molar-refractivity contribution in [3.8, 4) is 11.5 Å². The highest BCUT2D eigenvalue weighted by atomic mass is 16.5. The smallest absolute Gasteiger partial charge is 0.263 e. The summed E-state index contributed by atoms with van der Waals surface area (Å²) >= 11 is 0. The molecule has 2 aromatic rings. The lowest BCUT2D eigenvalue weighted by Gasteiger charge is -2.40. The van der Waals surface area contributed by atoms with E-state index in [1.165, 1.54) is 0 Å². The third-order valence-corrected chi connectivity index (χ3v) is 5.60.